The van der Waals surface area contributed by atoms with Crippen LogP contribution in [0.4, 0.5) is 5.69 Å². The Morgan fingerprint density at radius 1 is 1.54 bits per heavy atom. The lowest BCUT2D eigenvalue weighted by Gasteiger charge is -1.99. The molecule has 1 aromatic carbocycles. The van der Waals surface area contributed by atoms with Crippen molar-refractivity contribution >= 4 is 11.5 Å². The molecule has 0 aromatic heterocycles. The number of allylic oxidation sites excluding steroid dienone is 1. The van der Waals surface area contributed by atoms with Crippen molar-refractivity contribution in [2.75, 3.05) is 0 Å². The van der Waals surface area contributed by atoms with Crippen molar-refractivity contribution in [3.05, 3.63) is 41.3 Å². The summed E-state index contributed by atoms with van der Waals surface area (Å²) in [5, 5.41) is 11.7. The second kappa shape index (κ2) is 3.62. The predicted molar refractivity (Wildman–Crippen MR) is 48.1 cm³/mol. The first-order valence-electron chi connectivity index (χ1n) is 3.52. The van der Waals surface area contributed by atoms with Crippen molar-refractivity contribution < 1.29 is 9.90 Å². The molecule has 0 bridgehead atoms. The maximum atomic E-state index is 11.1. The van der Waals surface area contributed by atoms with Crippen LogP contribution in [0.25, 0.3) is 0 Å². The Kier molecular flexibility index (Phi) is 2.54. The summed E-state index contributed by atoms with van der Waals surface area (Å²) in [5.74, 6) is -0.525. The molecule has 0 aliphatic heterocycles. The summed E-state index contributed by atoms with van der Waals surface area (Å²) >= 11 is 0. The van der Waals surface area contributed by atoms with Crippen LogP contribution in [-0.2, 0) is 0 Å². The zero-order chi connectivity index (χ0) is 9.84. The SMILES string of the molecule is C=CC(=O)c1cc(O)ccc1N=O. The third kappa shape index (κ3) is 1.79. The molecule has 0 saturated carbocycles. The summed E-state index contributed by atoms with van der Waals surface area (Å²) in [4.78, 5) is 21.4. The summed E-state index contributed by atoms with van der Waals surface area (Å²) < 4.78 is 0. The van der Waals surface area contributed by atoms with Gasteiger partial charge in [-0.3, -0.25) is 4.79 Å². The second-order valence-corrected chi connectivity index (χ2v) is 2.36. The summed E-state index contributed by atoms with van der Waals surface area (Å²) in [5.41, 5.74) is 0.0627. The van der Waals surface area contributed by atoms with Crippen molar-refractivity contribution in [2.24, 2.45) is 5.18 Å². The lowest BCUT2D eigenvalue weighted by Crippen LogP contribution is -1.93. The fourth-order valence-corrected chi connectivity index (χ4v) is 0.911. The van der Waals surface area contributed by atoms with E-state index >= 15 is 0 Å². The minimum absolute atomic E-state index is 0.00250. The number of hydrogen-bond acceptors (Lipinski definition) is 4. The van der Waals surface area contributed by atoms with E-state index in [1.54, 1.807) is 0 Å². The Morgan fingerprint density at radius 2 is 2.23 bits per heavy atom. The molecule has 4 heteroatoms. The molecule has 0 aliphatic rings. The molecule has 0 radical (unpaired) electrons. The quantitative estimate of drug-likeness (QED) is 0.437. The van der Waals surface area contributed by atoms with Crippen LogP contribution in [0.3, 0.4) is 0 Å². The van der Waals surface area contributed by atoms with Crippen LogP contribution in [0.1, 0.15) is 10.4 Å². The monoisotopic (exact) mass is 177 g/mol. The number of carbonyl (C=O) groups excluding carboxylic acids is 1. The molecule has 0 fully saturated rings. The lowest BCUT2D eigenvalue weighted by atomic mass is 10.1. The number of carbonyl (C=O) groups is 1. The fraction of sp³-hybridized carbons (Fsp3) is 0. The molecule has 0 spiro atoms. The van der Waals surface area contributed by atoms with Crippen molar-refractivity contribution in [2.45, 2.75) is 0 Å². The molecule has 0 amide bonds. The first-order chi connectivity index (χ1) is 6.19. The molecule has 66 valence electrons. The van der Waals surface area contributed by atoms with Crippen molar-refractivity contribution in [3.8, 4) is 5.75 Å². The molecule has 0 heterocycles. The Balaban J connectivity index is 3.30. The molecule has 0 aliphatic carbocycles. The zero-order valence-electron chi connectivity index (χ0n) is 6.73. The number of rotatable bonds is 3. The molecule has 0 unspecified atom stereocenters. The van der Waals surface area contributed by atoms with Gasteiger partial charge in [0.2, 0.25) is 0 Å². The Bertz CT molecular complexity index is 371. The first kappa shape index (κ1) is 9.12. The van der Waals surface area contributed by atoms with E-state index in [9.17, 15) is 9.70 Å². The van der Waals surface area contributed by atoms with Gasteiger partial charge >= 0.3 is 0 Å². The van der Waals surface area contributed by atoms with Crippen LogP contribution < -0.4 is 0 Å². The van der Waals surface area contributed by atoms with E-state index in [0.717, 1.165) is 6.08 Å². The zero-order valence-corrected chi connectivity index (χ0v) is 6.73. The maximum Gasteiger partial charge on any atom is 0.187 e. The van der Waals surface area contributed by atoms with Gasteiger partial charge in [-0.2, -0.15) is 0 Å². The molecule has 4 nitrogen and oxygen atoms in total. The van der Waals surface area contributed by atoms with E-state index < -0.39 is 5.78 Å². The maximum absolute atomic E-state index is 11.1. The number of hydrogen-bond donors (Lipinski definition) is 1. The molecule has 1 rings (SSSR count). The molecule has 13 heavy (non-hydrogen) atoms. The fourth-order valence-electron chi connectivity index (χ4n) is 0.911. The molecule has 0 saturated heterocycles. The molecule has 1 aromatic rings. The second-order valence-electron chi connectivity index (χ2n) is 2.36. The average molecular weight is 177 g/mol. The Morgan fingerprint density at radius 3 is 2.77 bits per heavy atom. The third-order valence-electron chi connectivity index (χ3n) is 1.53. The summed E-state index contributed by atoms with van der Waals surface area (Å²) in [6.45, 7) is 3.27. The Labute approximate surface area is 74.5 Å². The first-order valence-corrected chi connectivity index (χ1v) is 3.52. The molecular formula is C9H7NO3. The van der Waals surface area contributed by atoms with E-state index in [0.29, 0.717) is 0 Å². The standard InChI is InChI=1S/C9H7NO3/c1-2-9(12)7-5-6(11)3-4-8(7)10-13/h2-5,11H,1H2. The van der Waals surface area contributed by atoms with Crippen molar-refractivity contribution in [3.63, 3.8) is 0 Å². The van der Waals surface area contributed by atoms with Gasteiger partial charge in [0, 0.05) is 0 Å². The highest BCUT2D eigenvalue weighted by Gasteiger charge is 2.09. The summed E-state index contributed by atoms with van der Waals surface area (Å²) in [7, 11) is 0. The third-order valence-corrected chi connectivity index (χ3v) is 1.53. The van der Waals surface area contributed by atoms with Gasteiger partial charge in [0.25, 0.3) is 0 Å². The van der Waals surface area contributed by atoms with Crippen LogP contribution in [0.2, 0.25) is 0 Å². The number of phenolic OH excluding ortho intramolecular Hbond substituents is 1. The highest BCUT2D eigenvalue weighted by molar-refractivity contribution is 6.07. The molecule has 1 N–H and O–H groups in total. The van der Waals surface area contributed by atoms with Crippen LogP contribution in [-0.4, -0.2) is 10.9 Å². The van der Waals surface area contributed by atoms with Gasteiger partial charge < -0.3 is 5.11 Å². The summed E-state index contributed by atoms with van der Waals surface area (Å²) in [6.07, 6.45) is 1.06. The number of nitroso groups, excluding NO2 is 1. The highest BCUT2D eigenvalue weighted by atomic mass is 16.3. The van der Waals surface area contributed by atoms with Gasteiger partial charge in [-0.25, -0.2) is 0 Å². The number of phenols is 1. The number of ketones is 1. The largest absolute Gasteiger partial charge is 0.508 e. The smallest absolute Gasteiger partial charge is 0.187 e. The topological polar surface area (TPSA) is 66.7 Å². The van der Waals surface area contributed by atoms with Crippen molar-refractivity contribution in [1.82, 2.24) is 0 Å². The number of benzene rings is 1. The van der Waals surface area contributed by atoms with Gasteiger partial charge in [-0.15, -0.1) is 4.91 Å². The van der Waals surface area contributed by atoms with Crippen LogP contribution in [0.15, 0.2) is 36.0 Å². The van der Waals surface area contributed by atoms with Gasteiger partial charge in [0.05, 0.1) is 5.56 Å². The van der Waals surface area contributed by atoms with Gasteiger partial charge in [-0.1, -0.05) is 6.58 Å². The number of aromatic hydroxyl groups is 1. The number of nitrogens with zero attached hydrogens (tertiary/aromatic N) is 1. The van der Waals surface area contributed by atoms with Crippen LogP contribution >= 0.6 is 0 Å². The van der Waals surface area contributed by atoms with E-state index in [-0.39, 0.29) is 17.0 Å². The minimum Gasteiger partial charge on any atom is -0.508 e. The normalized spacial score (nSPS) is 9.23. The van der Waals surface area contributed by atoms with Crippen LogP contribution in [0, 0.1) is 4.91 Å². The van der Waals surface area contributed by atoms with Gasteiger partial charge in [0.15, 0.2) is 5.78 Å². The molecule has 0 atom stereocenters. The Hall–Kier alpha value is -1.97. The van der Waals surface area contributed by atoms with Crippen molar-refractivity contribution in [1.29, 1.82) is 0 Å². The van der Waals surface area contributed by atoms with E-state index in [1.807, 2.05) is 0 Å². The molecular weight excluding hydrogens is 170 g/mol. The highest BCUT2D eigenvalue weighted by Crippen LogP contribution is 2.24. The van der Waals surface area contributed by atoms with Gasteiger partial charge in [-0.05, 0) is 29.5 Å². The van der Waals surface area contributed by atoms with E-state index in [1.165, 1.54) is 18.2 Å². The van der Waals surface area contributed by atoms with E-state index in [2.05, 4.69) is 11.8 Å². The lowest BCUT2D eigenvalue weighted by molar-refractivity contribution is 0.104. The minimum atomic E-state index is -0.439. The van der Waals surface area contributed by atoms with E-state index in [4.69, 9.17) is 5.11 Å². The average Bonchev–Trinajstić information content (AvgIpc) is 2.16. The van der Waals surface area contributed by atoms with Gasteiger partial charge in [0.1, 0.15) is 11.4 Å². The van der Waals surface area contributed by atoms with Crippen LogP contribution in [0.5, 0.6) is 5.75 Å². The predicted octanol–water partition coefficient (Wildman–Crippen LogP) is 2.16. The summed E-state index contributed by atoms with van der Waals surface area (Å²) in [6, 6.07) is 3.75.